The molecule has 1 aliphatic rings. The lowest BCUT2D eigenvalue weighted by Gasteiger charge is -2.49. The largest absolute Gasteiger partial charge is 0.445 e. The quantitative estimate of drug-likeness (QED) is 0.583. The zero-order valence-electron chi connectivity index (χ0n) is 14.9. The molecule has 2 rings (SSSR count). The Kier molecular flexibility index (Phi) is 6.81. The number of benzene rings is 1. The molecule has 1 fully saturated rings. The second-order valence-corrected chi connectivity index (χ2v) is 6.17. The molecule has 0 saturated carbocycles. The number of allylic oxidation sites excluding steroid dienone is 1. The molecule has 0 aromatic heterocycles. The number of rotatable bonds is 8. The van der Waals surface area contributed by atoms with Gasteiger partial charge in [-0.05, 0) is 25.8 Å². The van der Waals surface area contributed by atoms with Crippen molar-refractivity contribution >= 4 is 12.0 Å². The highest BCUT2D eigenvalue weighted by Crippen LogP contribution is 2.32. The summed E-state index contributed by atoms with van der Waals surface area (Å²) in [5.41, 5.74) is 0.924. The first-order chi connectivity index (χ1) is 12.1. The summed E-state index contributed by atoms with van der Waals surface area (Å²) in [5.74, 6) is -0.189. The minimum Gasteiger partial charge on any atom is -0.445 e. The Hall–Kier alpha value is -2.56. The fraction of sp³-hybridized carbons (Fsp3) is 0.400. The van der Waals surface area contributed by atoms with Crippen molar-refractivity contribution in [2.45, 2.75) is 39.0 Å². The number of carbonyl (C=O) groups is 2. The van der Waals surface area contributed by atoms with Crippen molar-refractivity contribution in [3.05, 3.63) is 60.7 Å². The highest BCUT2D eigenvalue weighted by Gasteiger charge is 2.48. The topological polar surface area (TPSA) is 58.6 Å². The Morgan fingerprint density at radius 1 is 1.40 bits per heavy atom. The summed E-state index contributed by atoms with van der Waals surface area (Å²) in [6, 6.07) is 9.28. The van der Waals surface area contributed by atoms with Crippen molar-refractivity contribution in [1.29, 1.82) is 0 Å². The first kappa shape index (κ1) is 18.8. The zero-order chi connectivity index (χ0) is 18.2. The lowest BCUT2D eigenvalue weighted by Crippen LogP contribution is -2.66. The second-order valence-electron chi connectivity index (χ2n) is 6.17. The lowest BCUT2D eigenvalue weighted by molar-refractivity contribution is -0.156. The fourth-order valence-corrected chi connectivity index (χ4v) is 3.13. The number of ether oxygens (including phenoxy) is 1. The first-order valence-corrected chi connectivity index (χ1v) is 8.58. The molecule has 1 N–H and O–H groups in total. The number of nitrogens with one attached hydrogen (secondary N) is 1. The first-order valence-electron chi connectivity index (χ1n) is 8.58. The van der Waals surface area contributed by atoms with Gasteiger partial charge in [0, 0.05) is 18.6 Å². The Balaban J connectivity index is 1.89. The van der Waals surface area contributed by atoms with Crippen molar-refractivity contribution < 1.29 is 14.3 Å². The van der Waals surface area contributed by atoms with E-state index in [9.17, 15) is 9.59 Å². The minimum atomic E-state index is -0.504. The third-order valence-corrected chi connectivity index (χ3v) is 4.42. The van der Waals surface area contributed by atoms with Crippen molar-refractivity contribution in [3.63, 3.8) is 0 Å². The number of likely N-dealkylation sites (tertiary alicyclic amines) is 1. The van der Waals surface area contributed by atoms with E-state index in [1.165, 1.54) is 0 Å². The number of β-lactam (4-membered cyclic amide) rings is 1. The molecule has 3 atom stereocenters. The van der Waals surface area contributed by atoms with Crippen molar-refractivity contribution in [2.24, 2.45) is 5.92 Å². The van der Waals surface area contributed by atoms with Crippen molar-refractivity contribution in [3.8, 4) is 0 Å². The predicted octanol–water partition coefficient (Wildman–Crippen LogP) is 3.28. The van der Waals surface area contributed by atoms with Crippen LogP contribution in [0.4, 0.5) is 4.79 Å². The van der Waals surface area contributed by atoms with E-state index < -0.39 is 6.09 Å². The summed E-state index contributed by atoms with van der Waals surface area (Å²) in [4.78, 5) is 26.2. The summed E-state index contributed by atoms with van der Waals surface area (Å²) >= 11 is 0. The fourth-order valence-electron chi connectivity index (χ4n) is 3.13. The number of alkyl carbamates (subject to hydrolysis) is 1. The molecule has 0 radical (unpaired) electrons. The maximum absolute atomic E-state index is 12.4. The van der Waals surface area contributed by atoms with Gasteiger partial charge in [0.1, 0.15) is 6.61 Å². The van der Waals surface area contributed by atoms with Gasteiger partial charge in [-0.15, -0.1) is 6.58 Å². The van der Waals surface area contributed by atoms with Gasteiger partial charge in [0.05, 0.1) is 5.92 Å². The van der Waals surface area contributed by atoms with E-state index in [2.05, 4.69) is 11.9 Å². The summed E-state index contributed by atoms with van der Waals surface area (Å²) < 4.78 is 5.24. The molecule has 0 bridgehead atoms. The molecule has 5 heteroatoms. The van der Waals surface area contributed by atoms with Gasteiger partial charge in [0.2, 0.25) is 5.91 Å². The standard InChI is InChI=1S/C20H26N2O3/c1-4-6-12-17-18(19(23)22(17)13-5-2)15(3)21-20(24)25-14-16-10-8-7-9-11-16/h4-11,15,17-18H,2,12-14H2,1,3H3,(H,21,24)/b6-4+/t15-,17+,18+/m0/s1. The molecule has 1 aliphatic heterocycles. The van der Waals surface area contributed by atoms with Crippen molar-refractivity contribution in [2.75, 3.05) is 6.54 Å². The maximum atomic E-state index is 12.4. The molecular weight excluding hydrogens is 316 g/mol. The molecule has 1 heterocycles. The summed E-state index contributed by atoms with van der Waals surface area (Å²) in [7, 11) is 0. The number of hydrogen-bond acceptors (Lipinski definition) is 3. The number of nitrogens with zero attached hydrogens (tertiary/aromatic N) is 1. The highest BCUT2D eigenvalue weighted by atomic mass is 16.5. The van der Waals surface area contributed by atoms with E-state index in [0.717, 1.165) is 12.0 Å². The van der Waals surface area contributed by atoms with Crippen LogP contribution in [-0.4, -0.2) is 35.5 Å². The molecule has 0 unspecified atom stereocenters. The Morgan fingerprint density at radius 2 is 2.12 bits per heavy atom. The number of hydrogen-bond donors (Lipinski definition) is 1. The van der Waals surface area contributed by atoms with Crippen LogP contribution >= 0.6 is 0 Å². The van der Waals surface area contributed by atoms with E-state index in [0.29, 0.717) is 6.54 Å². The third-order valence-electron chi connectivity index (χ3n) is 4.42. The van der Waals surface area contributed by atoms with Crippen LogP contribution in [0.15, 0.2) is 55.1 Å². The van der Waals surface area contributed by atoms with Crippen LogP contribution in [-0.2, 0) is 16.1 Å². The predicted molar refractivity (Wildman–Crippen MR) is 97.8 cm³/mol. The molecule has 5 nitrogen and oxygen atoms in total. The maximum Gasteiger partial charge on any atom is 0.407 e. The number of carbonyl (C=O) groups excluding carboxylic acids is 2. The molecular formula is C20H26N2O3. The van der Waals surface area contributed by atoms with Crippen LogP contribution in [0.1, 0.15) is 25.8 Å². The van der Waals surface area contributed by atoms with Crippen LogP contribution in [0.25, 0.3) is 0 Å². The van der Waals surface area contributed by atoms with Crippen LogP contribution in [0.3, 0.4) is 0 Å². The molecule has 0 aliphatic carbocycles. The average Bonchev–Trinajstić information content (AvgIpc) is 2.61. The monoisotopic (exact) mass is 342 g/mol. The second kappa shape index (κ2) is 9.06. The Labute approximate surface area is 149 Å². The summed E-state index contributed by atoms with van der Waals surface area (Å²) in [5, 5.41) is 2.79. The Bertz CT molecular complexity index is 627. The van der Waals surface area contributed by atoms with Gasteiger partial charge in [-0.25, -0.2) is 4.79 Å². The number of amides is 2. The van der Waals surface area contributed by atoms with Crippen LogP contribution in [0.2, 0.25) is 0 Å². The van der Waals surface area contributed by atoms with Gasteiger partial charge < -0.3 is 15.0 Å². The van der Waals surface area contributed by atoms with Gasteiger partial charge in [-0.1, -0.05) is 48.6 Å². The van der Waals surface area contributed by atoms with E-state index in [1.54, 1.807) is 11.0 Å². The van der Waals surface area contributed by atoms with E-state index in [4.69, 9.17) is 4.74 Å². The summed E-state index contributed by atoms with van der Waals surface area (Å²) in [6.07, 6.45) is 6.00. The van der Waals surface area contributed by atoms with E-state index >= 15 is 0 Å². The minimum absolute atomic E-state index is 0.0465. The average molecular weight is 342 g/mol. The molecule has 134 valence electrons. The molecule has 1 saturated heterocycles. The van der Waals surface area contributed by atoms with Gasteiger partial charge in [0.15, 0.2) is 0 Å². The SMILES string of the molecule is C=CCN1C(=O)[C@H]([C@H](C)NC(=O)OCc2ccccc2)[C@H]1C/C=C/C. The third kappa shape index (κ3) is 4.72. The Morgan fingerprint density at radius 3 is 2.76 bits per heavy atom. The molecule has 25 heavy (non-hydrogen) atoms. The molecule has 2 amide bonds. The zero-order valence-corrected chi connectivity index (χ0v) is 14.9. The molecule has 1 aromatic rings. The van der Waals surface area contributed by atoms with Crippen molar-refractivity contribution in [1.82, 2.24) is 10.2 Å². The summed E-state index contributed by atoms with van der Waals surface area (Å²) in [6.45, 7) is 8.24. The van der Waals surface area contributed by atoms with Gasteiger partial charge in [0.25, 0.3) is 0 Å². The molecule has 0 spiro atoms. The van der Waals surface area contributed by atoms with Crippen LogP contribution < -0.4 is 5.32 Å². The van der Waals surface area contributed by atoms with Gasteiger partial charge in [-0.2, -0.15) is 0 Å². The van der Waals surface area contributed by atoms with Crippen LogP contribution in [0.5, 0.6) is 0 Å². The normalized spacial score (nSPS) is 20.9. The van der Waals surface area contributed by atoms with E-state index in [-0.39, 0.29) is 30.5 Å². The van der Waals surface area contributed by atoms with Crippen LogP contribution in [0, 0.1) is 5.92 Å². The smallest absolute Gasteiger partial charge is 0.407 e. The van der Waals surface area contributed by atoms with Gasteiger partial charge >= 0.3 is 6.09 Å². The lowest BCUT2D eigenvalue weighted by atomic mass is 9.80. The van der Waals surface area contributed by atoms with Gasteiger partial charge in [-0.3, -0.25) is 4.79 Å². The highest BCUT2D eigenvalue weighted by molar-refractivity contribution is 5.87. The van der Waals surface area contributed by atoms with E-state index in [1.807, 2.05) is 56.3 Å². The molecule has 1 aromatic carbocycles.